The van der Waals surface area contributed by atoms with Gasteiger partial charge in [-0.2, -0.15) is 0 Å². The molecule has 1 N–H and O–H groups in total. The van der Waals surface area contributed by atoms with Gasteiger partial charge in [-0.1, -0.05) is 17.7 Å². The van der Waals surface area contributed by atoms with Crippen molar-refractivity contribution in [3.8, 4) is 5.75 Å². The van der Waals surface area contributed by atoms with Gasteiger partial charge in [-0.15, -0.1) is 0 Å². The molecule has 0 unspecified atom stereocenters. The highest BCUT2D eigenvalue weighted by Gasteiger charge is 2.21. The van der Waals surface area contributed by atoms with Crippen molar-refractivity contribution in [1.82, 2.24) is 0 Å². The predicted octanol–water partition coefficient (Wildman–Crippen LogP) is 3.67. The molecule has 0 atom stereocenters. The molecule has 27 heavy (non-hydrogen) atoms. The van der Waals surface area contributed by atoms with Gasteiger partial charge in [0.1, 0.15) is 17.0 Å². The number of carbonyl (C=O) groups excluding carboxylic acids is 2. The molecule has 9 heteroatoms. The summed E-state index contributed by atoms with van der Waals surface area (Å²) in [5.74, 6) is -1.27. The lowest BCUT2D eigenvalue weighted by molar-refractivity contribution is -0.384. The van der Waals surface area contributed by atoms with Crippen molar-refractivity contribution in [2.75, 3.05) is 19.0 Å². The van der Waals surface area contributed by atoms with E-state index in [1.54, 1.807) is 26.0 Å². The number of amides is 1. The number of esters is 1. The Labute approximate surface area is 160 Å². The molecule has 0 radical (unpaired) electrons. The molecule has 0 saturated heterocycles. The van der Waals surface area contributed by atoms with E-state index in [-0.39, 0.29) is 22.7 Å². The summed E-state index contributed by atoms with van der Waals surface area (Å²) >= 11 is 5.86. The number of halogens is 1. The summed E-state index contributed by atoms with van der Waals surface area (Å²) in [7, 11) is 1.38. The molecule has 2 aromatic rings. The van der Waals surface area contributed by atoms with E-state index in [2.05, 4.69) is 5.32 Å². The number of anilines is 1. The van der Waals surface area contributed by atoms with Crippen LogP contribution in [-0.4, -0.2) is 30.5 Å². The van der Waals surface area contributed by atoms with Crippen LogP contribution >= 0.6 is 11.6 Å². The van der Waals surface area contributed by atoms with E-state index in [4.69, 9.17) is 21.1 Å². The zero-order chi connectivity index (χ0) is 20.1. The summed E-state index contributed by atoms with van der Waals surface area (Å²) in [5.41, 5.74) is 1.23. The number of rotatable bonds is 6. The van der Waals surface area contributed by atoms with E-state index in [0.717, 1.165) is 5.56 Å². The van der Waals surface area contributed by atoms with Gasteiger partial charge >= 0.3 is 5.97 Å². The molecule has 142 valence electrons. The third kappa shape index (κ3) is 4.73. The first-order chi connectivity index (χ1) is 12.7. The van der Waals surface area contributed by atoms with Gasteiger partial charge in [0.15, 0.2) is 6.61 Å². The van der Waals surface area contributed by atoms with Crippen LogP contribution in [0, 0.1) is 24.0 Å². The van der Waals surface area contributed by atoms with E-state index in [0.29, 0.717) is 10.6 Å². The predicted molar refractivity (Wildman–Crippen MR) is 99.5 cm³/mol. The van der Waals surface area contributed by atoms with Crippen molar-refractivity contribution in [2.24, 2.45) is 0 Å². The molecule has 8 nitrogen and oxygen atoms in total. The van der Waals surface area contributed by atoms with Gasteiger partial charge in [0.2, 0.25) is 0 Å². The van der Waals surface area contributed by atoms with Crippen molar-refractivity contribution in [1.29, 1.82) is 0 Å². The SMILES string of the molecule is COc1ccc(Cl)cc1C(=O)OCC(=O)Nc1c([N+](=O)[O-])ccc(C)c1C. The van der Waals surface area contributed by atoms with E-state index >= 15 is 0 Å². The Bertz CT molecular complexity index is 913. The number of hydrogen-bond donors (Lipinski definition) is 1. The summed E-state index contributed by atoms with van der Waals surface area (Å²) in [6.45, 7) is 2.79. The third-order valence-corrected chi connectivity index (χ3v) is 4.13. The largest absolute Gasteiger partial charge is 0.496 e. The first-order valence-electron chi connectivity index (χ1n) is 7.79. The average molecular weight is 393 g/mol. The zero-order valence-corrected chi connectivity index (χ0v) is 15.6. The summed E-state index contributed by atoms with van der Waals surface area (Å²) in [6, 6.07) is 7.30. The molecule has 0 aliphatic carbocycles. The van der Waals surface area contributed by atoms with Crippen molar-refractivity contribution >= 4 is 34.9 Å². The van der Waals surface area contributed by atoms with Crippen LogP contribution in [0.25, 0.3) is 0 Å². The minimum Gasteiger partial charge on any atom is -0.496 e. The number of aryl methyl sites for hydroxylation is 1. The van der Waals surface area contributed by atoms with E-state index in [1.165, 1.54) is 25.3 Å². The summed E-state index contributed by atoms with van der Waals surface area (Å²) in [4.78, 5) is 34.9. The number of ether oxygens (including phenoxy) is 2. The monoisotopic (exact) mass is 392 g/mol. The number of hydrogen-bond acceptors (Lipinski definition) is 6. The van der Waals surface area contributed by atoms with Gasteiger partial charge in [0.05, 0.1) is 12.0 Å². The third-order valence-electron chi connectivity index (χ3n) is 3.89. The van der Waals surface area contributed by atoms with Crippen LogP contribution in [0.1, 0.15) is 21.5 Å². The van der Waals surface area contributed by atoms with Crippen molar-refractivity contribution in [3.63, 3.8) is 0 Å². The maximum Gasteiger partial charge on any atom is 0.342 e. The molecule has 0 aromatic heterocycles. The molecule has 0 fully saturated rings. The molecule has 0 saturated carbocycles. The van der Waals surface area contributed by atoms with Crippen molar-refractivity contribution in [3.05, 3.63) is 62.2 Å². The van der Waals surface area contributed by atoms with Gasteiger partial charge in [-0.25, -0.2) is 4.79 Å². The van der Waals surface area contributed by atoms with Crippen LogP contribution in [0.5, 0.6) is 5.75 Å². The van der Waals surface area contributed by atoms with E-state index < -0.39 is 23.4 Å². The number of nitrogens with one attached hydrogen (secondary N) is 1. The fourth-order valence-corrected chi connectivity index (χ4v) is 2.51. The molecule has 1 amide bonds. The van der Waals surface area contributed by atoms with Crippen LogP contribution < -0.4 is 10.1 Å². The summed E-state index contributed by atoms with van der Waals surface area (Å²) < 4.78 is 10.0. The Balaban J connectivity index is 2.12. The van der Waals surface area contributed by atoms with Crippen molar-refractivity contribution < 1.29 is 24.0 Å². The number of nitro groups is 1. The number of nitro benzene ring substituents is 1. The minimum absolute atomic E-state index is 0.0653. The Kier molecular flexibility index (Phi) is 6.36. The van der Waals surface area contributed by atoms with Gasteiger partial charge in [-0.3, -0.25) is 14.9 Å². The fraction of sp³-hybridized carbons (Fsp3) is 0.222. The Morgan fingerprint density at radius 2 is 1.93 bits per heavy atom. The zero-order valence-electron chi connectivity index (χ0n) is 14.9. The van der Waals surface area contributed by atoms with Crippen molar-refractivity contribution in [2.45, 2.75) is 13.8 Å². The lowest BCUT2D eigenvalue weighted by Crippen LogP contribution is -2.22. The fourth-order valence-electron chi connectivity index (χ4n) is 2.34. The van der Waals surface area contributed by atoms with Crippen LogP contribution in [0.15, 0.2) is 30.3 Å². The molecule has 2 aromatic carbocycles. The van der Waals surface area contributed by atoms with Gasteiger partial charge < -0.3 is 14.8 Å². The van der Waals surface area contributed by atoms with Gasteiger partial charge in [0.25, 0.3) is 11.6 Å². The standard InChI is InChI=1S/C18H17ClN2O6/c1-10-4-6-14(21(24)25)17(11(10)2)20-16(22)9-27-18(23)13-8-12(19)5-7-15(13)26-3/h4-8H,9H2,1-3H3,(H,20,22). The lowest BCUT2D eigenvalue weighted by Gasteiger charge is -2.12. The van der Waals surface area contributed by atoms with Gasteiger partial charge in [0, 0.05) is 11.1 Å². The number of carbonyl (C=O) groups is 2. The molecule has 0 spiro atoms. The summed E-state index contributed by atoms with van der Waals surface area (Å²) in [6.07, 6.45) is 0. The maximum absolute atomic E-state index is 12.2. The normalized spacial score (nSPS) is 10.2. The second kappa shape index (κ2) is 8.50. The van der Waals surface area contributed by atoms with E-state index in [9.17, 15) is 19.7 Å². The number of benzene rings is 2. The Morgan fingerprint density at radius 1 is 1.22 bits per heavy atom. The van der Waals surface area contributed by atoms with Crippen LogP contribution in [0.4, 0.5) is 11.4 Å². The maximum atomic E-state index is 12.2. The molecule has 0 heterocycles. The highest BCUT2D eigenvalue weighted by molar-refractivity contribution is 6.31. The number of nitrogens with zero attached hydrogens (tertiary/aromatic N) is 1. The molecular formula is C18H17ClN2O6. The minimum atomic E-state index is -0.806. The molecule has 0 aliphatic rings. The highest BCUT2D eigenvalue weighted by Crippen LogP contribution is 2.30. The lowest BCUT2D eigenvalue weighted by atomic mass is 10.1. The highest BCUT2D eigenvalue weighted by atomic mass is 35.5. The second-order valence-electron chi connectivity index (χ2n) is 5.63. The Hall–Kier alpha value is -3.13. The van der Waals surface area contributed by atoms with Gasteiger partial charge in [-0.05, 0) is 43.2 Å². The molecular weight excluding hydrogens is 376 g/mol. The quantitative estimate of drug-likeness (QED) is 0.456. The first-order valence-corrected chi connectivity index (χ1v) is 8.17. The van der Waals surface area contributed by atoms with Crippen LogP contribution in [-0.2, 0) is 9.53 Å². The smallest absolute Gasteiger partial charge is 0.342 e. The molecule has 0 aliphatic heterocycles. The van der Waals surface area contributed by atoms with E-state index in [1.807, 2.05) is 0 Å². The first kappa shape index (κ1) is 20.2. The second-order valence-corrected chi connectivity index (χ2v) is 6.06. The topological polar surface area (TPSA) is 108 Å². The molecule has 2 rings (SSSR count). The Morgan fingerprint density at radius 3 is 2.56 bits per heavy atom. The van der Waals surface area contributed by atoms with Crippen LogP contribution in [0.2, 0.25) is 5.02 Å². The average Bonchev–Trinajstić information content (AvgIpc) is 2.63. The molecule has 0 bridgehead atoms. The number of methoxy groups -OCH3 is 1. The van der Waals surface area contributed by atoms with Crippen LogP contribution in [0.3, 0.4) is 0 Å². The summed E-state index contributed by atoms with van der Waals surface area (Å²) in [5, 5.41) is 13.9.